The Morgan fingerprint density at radius 2 is 1.82 bits per heavy atom. The second-order valence-corrected chi connectivity index (χ2v) is 8.91. The largest absolute Gasteiger partial charge is 0.490 e. The molecule has 4 nitrogen and oxygen atoms in total. The molecule has 0 fully saturated rings. The highest BCUT2D eigenvalue weighted by Crippen LogP contribution is 2.37. The van der Waals surface area contributed by atoms with Crippen molar-refractivity contribution >= 4 is 58.2 Å². The first-order valence-electron chi connectivity index (χ1n) is 8.96. The standard InChI is InChI=1S/C19H23Cl4NO3S/c20-16-12-15(25-9-4-18(22)23)13-17(21)19(16)26-7-2-1-3-8-27-24-14-5-10-28-11-6-14/h4-5,12-13,24H,1-3,6-11H2. The van der Waals surface area contributed by atoms with Crippen molar-refractivity contribution in [3.05, 3.63) is 44.5 Å². The Balaban J connectivity index is 1.61. The molecule has 0 saturated heterocycles. The topological polar surface area (TPSA) is 39.7 Å². The van der Waals surface area contributed by atoms with E-state index in [1.807, 2.05) is 11.8 Å². The number of hydrogen-bond donors (Lipinski definition) is 1. The number of nitrogens with one attached hydrogen (secondary N) is 1. The number of hydrogen-bond acceptors (Lipinski definition) is 5. The van der Waals surface area contributed by atoms with Gasteiger partial charge in [0.15, 0.2) is 5.75 Å². The van der Waals surface area contributed by atoms with E-state index >= 15 is 0 Å². The van der Waals surface area contributed by atoms with Crippen LogP contribution in [0.1, 0.15) is 25.7 Å². The Morgan fingerprint density at radius 3 is 2.50 bits per heavy atom. The summed E-state index contributed by atoms with van der Waals surface area (Å²) in [4.78, 5) is 5.49. The number of rotatable bonds is 12. The van der Waals surface area contributed by atoms with Gasteiger partial charge in [0.1, 0.15) is 16.8 Å². The zero-order chi connectivity index (χ0) is 20.2. The van der Waals surface area contributed by atoms with Gasteiger partial charge < -0.3 is 9.47 Å². The Bertz CT molecular complexity index is 658. The molecule has 0 spiro atoms. The molecule has 0 unspecified atom stereocenters. The first-order valence-corrected chi connectivity index (χ1v) is 11.6. The molecule has 1 aromatic rings. The summed E-state index contributed by atoms with van der Waals surface area (Å²) in [5.74, 6) is 3.18. The molecule has 28 heavy (non-hydrogen) atoms. The smallest absolute Gasteiger partial charge is 0.156 e. The monoisotopic (exact) mass is 485 g/mol. The predicted octanol–water partition coefficient (Wildman–Crippen LogP) is 6.78. The van der Waals surface area contributed by atoms with E-state index in [1.54, 1.807) is 12.1 Å². The fourth-order valence-corrected chi connectivity index (χ4v) is 3.90. The number of thioether (sulfide) groups is 1. The van der Waals surface area contributed by atoms with Gasteiger partial charge in [-0.1, -0.05) is 52.5 Å². The highest BCUT2D eigenvalue weighted by molar-refractivity contribution is 7.99. The summed E-state index contributed by atoms with van der Waals surface area (Å²) in [6, 6.07) is 3.30. The lowest BCUT2D eigenvalue weighted by atomic mass is 10.2. The van der Waals surface area contributed by atoms with Crippen molar-refractivity contribution in [1.29, 1.82) is 0 Å². The molecule has 156 valence electrons. The molecule has 1 aliphatic rings. The zero-order valence-corrected chi connectivity index (χ0v) is 19.2. The molecule has 0 aromatic heterocycles. The first-order chi connectivity index (χ1) is 13.6. The number of hydroxylamine groups is 1. The van der Waals surface area contributed by atoms with Crippen LogP contribution in [-0.2, 0) is 4.84 Å². The molecule has 0 radical (unpaired) electrons. The van der Waals surface area contributed by atoms with Gasteiger partial charge in [-0.25, -0.2) is 0 Å². The molecular formula is C19H23Cl4NO3S. The van der Waals surface area contributed by atoms with Crippen LogP contribution < -0.4 is 15.0 Å². The summed E-state index contributed by atoms with van der Waals surface area (Å²) in [5.41, 5.74) is 4.21. The van der Waals surface area contributed by atoms with Gasteiger partial charge in [-0.15, -0.1) is 0 Å². The quantitative estimate of drug-likeness (QED) is 0.260. The fraction of sp³-hybridized carbons (Fsp3) is 0.474. The molecule has 0 amide bonds. The van der Waals surface area contributed by atoms with Crippen LogP contribution in [0.3, 0.4) is 0 Å². The van der Waals surface area contributed by atoms with E-state index in [-0.39, 0.29) is 11.1 Å². The molecule has 0 bridgehead atoms. The normalized spacial score (nSPS) is 13.6. The average Bonchev–Trinajstić information content (AvgIpc) is 2.66. The summed E-state index contributed by atoms with van der Waals surface area (Å²) in [7, 11) is 0. The molecule has 2 rings (SSSR count). The van der Waals surface area contributed by atoms with E-state index in [9.17, 15) is 0 Å². The number of halogens is 4. The molecule has 1 heterocycles. The molecular weight excluding hydrogens is 464 g/mol. The van der Waals surface area contributed by atoms with Crippen molar-refractivity contribution in [2.45, 2.75) is 25.7 Å². The van der Waals surface area contributed by atoms with Crippen LogP contribution in [0.4, 0.5) is 0 Å². The van der Waals surface area contributed by atoms with Crippen LogP contribution in [0.2, 0.25) is 10.0 Å². The number of ether oxygens (including phenoxy) is 2. The third-order valence-electron chi connectivity index (χ3n) is 3.76. The van der Waals surface area contributed by atoms with E-state index in [2.05, 4.69) is 11.6 Å². The van der Waals surface area contributed by atoms with Crippen LogP contribution in [-0.4, -0.2) is 31.3 Å². The van der Waals surface area contributed by atoms with Crippen molar-refractivity contribution in [2.24, 2.45) is 0 Å². The molecule has 1 aliphatic heterocycles. The molecule has 1 N–H and O–H groups in total. The van der Waals surface area contributed by atoms with Crippen molar-refractivity contribution in [1.82, 2.24) is 5.48 Å². The summed E-state index contributed by atoms with van der Waals surface area (Å²) < 4.78 is 11.3. The minimum Gasteiger partial charge on any atom is -0.490 e. The molecule has 9 heteroatoms. The third kappa shape index (κ3) is 9.38. The Labute approximate surface area is 190 Å². The number of unbranched alkanes of at least 4 members (excludes halogenated alkanes) is 2. The van der Waals surface area contributed by atoms with Gasteiger partial charge >= 0.3 is 0 Å². The lowest BCUT2D eigenvalue weighted by Crippen LogP contribution is -2.17. The fourth-order valence-electron chi connectivity index (χ4n) is 2.35. The highest BCUT2D eigenvalue weighted by atomic mass is 35.5. The van der Waals surface area contributed by atoms with Gasteiger partial charge in [0.25, 0.3) is 0 Å². The van der Waals surface area contributed by atoms with Gasteiger partial charge in [-0.3, -0.25) is 10.3 Å². The highest BCUT2D eigenvalue weighted by Gasteiger charge is 2.10. The van der Waals surface area contributed by atoms with Gasteiger partial charge in [0, 0.05) is 23.6 Å². The lowest BCUT2D eigenvalue weighted by molar-refractivity contribution is 0.0573. The van der Waals surface area contributed by atoms with E-state index in [1.165, 1.54) is 11.8 Å². The summed E-state index contributed by atoms with van der Waals surface area (Å²) in [6.45, 7) is 1.42. The zero-order valence-electron chi connectivity index (χ0n) is 15.3. The molecule has 0 atom stereocenters. The predicted molar refractivity (Wildman–Crippen MR) is 120 cm³/mol. The van der Waals surface area contributed by atoms with Crippen molar-refractivity contribution in [3.63, 3.8) is 0 Å². The Hall–Kier alpha value is -0.430. The van der Waals surface area contributed by atoms with Crippen LogP contribution in [0.5, 0.6) is 11.5 Å². The van der Waals surface area contributed by atoms with Crippen LogP contribution >= 0.6 is 58.2 Å². The molecule has 0 saturated carbocycles. The van der Waals surface area contributed by atoms with E-state index in [0.717, 1.165) is 37.2 Å². The van der Waals surface area contributed by atoms with Crippen LogP contribution in [0.25, 0.3) is 0 Å². The summed E-state index contributed by atoms with van der Waals surface area (Å²) >= 11 is 25.5. The van der Waals surface area contributed by atoms with E-state index < -0.39 is 0 Å². The van der Waals surface area contributed by atoms with Crippen LogP contribution in [0, 0.1) is 0 Å². The lowest BCUT2D eigenvalue weighted by Gasteiger charge is -2.14. The second kappa shape index (κ2) is 13.7. The summed E-state index contributed by atoms with van der Waals surface area (Å²) in [6.07, 6.45) is 7.56. The number of allylic oxidation sites excluding steroid dienone is 1. The van der Waals surface area contributed by atoms with Crippen molar-refractivity contribution < 1.29 is 14.3 Å². The Kier molecular flexibility index (Phi) is 11.7. The van der Waals surface area contributed by atoms with Crippen molar-refractivity contribution in [3.8, 4) is 11.5 Å². The van der Waals surface area contributed by atoms with Crippen molar-refractivity contribution in [2.75, 3.05) is 31.3 Å². The van der Waals surface area contributed by atoms with Crippen LogP contribution in [0.15, 0.2) is 34.5 Å². The van der Waals surface area contributed by atoms with Gasteiger partial charge in [-0.05, 0) is 37.5 Å². The maximum absolute atomic E-state index is 6.24. The molecule has 0 aliphatic carbocycles. The second-order valence-electron chi connectivity index (χ2n) is 5.93. The maximum atomic E-state index is 6.24. The minimum atomic E-state index is 0.142. The minimum absolute atomic E-state index is 0.142. The van der Waals surface area contributed by atoms with Gasteiger partial charge in [0.05, 0.1) is 23.3 Å². The van der Waals surface area contributed by atoms with E-state index in [4.69, 9.17) is 60.7 Å². The third-order valence-corrected chi connectivity index (χ3v) is 5.53. The van der Waals surface area contributed by atoms with Gasteiger partial charge in [-0.2, -0.15) is 11.8 Å². The van der Waals surface area contributed by atoms with Gasteiger partial charge in [0.2, 0.25) is 0 Å². The Morgan fingerprint density at radius 1 is 1.07 bits per heavy atom. The molecule has 1 aromatic carbocycles. The van der Waals surface area contributed by atoms with E-state index in [0.29, 0.717) is 34.8 Å². The number of benzene rings is 1. The first kappa shape index (κ1) is 23.8. The SMILES string of the molecule is ClC(Cl)=CCOc1cc(Cl)c(OCCCCCONC2=CCSCC2)c(Cl)c1. The summed E-state index contributed by atoms with van der Waals surface area (Å²) in [5, 5.41) is 0.796. The maximum Gasteiger partial charge on any atom is 0.156 e. The average molecular weight is 487 g/mol.